The summed E-state index contributed by atoms with van der Waals surface area (Å²) >= 11 is 0. The quantitative estimate of drug-likeness (QED) is 0.901. The molecule has 3 unspecified atom stereocenters. The Bertz CT molecular complexity index is 514. The summed E-state index contributed by atoms with van der Waals surface area (Å²) in [7, 11) is 0. The number of piperidine rings is 1. The van der Waals surface area contributed by atoms with Gasteiger partial charge < -0.3 is 10.0 Å². The number of carbonyl (C=O) groups is 1. The molecule has 3 rings (SSSR count). The number of amides is 1. The molecule has 0 aromatic heterocycles. The fourth-order valence-electron chi connectivity index (χ4n) is 3.04. The highest BCUT2D eigenvalue weighted by atomic mass is 19.1. The number of aliphatic hydroxyl groups is 1. The molecule has 1 aliphatic carbocycles. The van der Waals surface area contributed by atoms with Gasteiger partial charge in [0.05, 0.1) is 6.10 Å². The smallest absolute Gasteiger partial charge is 0.226 e. The van der Waals surface area contributed by atoms with Crippen molar-refractivity contribution in [2.24, 2.45) is 5.92 Å². The summed E-state index contributed by atoms with van der Waals surface area (Å²) in [5.74, 6) is -1.95. The van der Waals surface area contributed by atoms with Crippen LogP contribution in [0, 0.1) is 17.6 Å². The number of nitrogens with zero attached hydrogens (tertiary/aromatic N) is 1. The maximum absolute atomic E-state index is 13.7. The zero-order valence-electron chi connectivity index (χ0n) is 11.1. The van der Waals surface area contributed by atoms with Crippen LogP contribution in [0.5, 0.6) is 0 Å². The molecule has 1 aromatic rings. The van der Waals surface area contributed by atoms with E-state index in [0.717, 1.165) is 6.42 Å². The van der Waals surface area contributed by atoms with Crippen LogP contribution in [0.25, 0.3) is 0 Å². The third-order valence-electron chi connectivity index (χ3n) is 4.19. The summed E-state index contributed by atoms with van der Waals surface area (Å²) in [4.78, 5) is 13.9. The Morgan fingerprint density at radius 3 is 2.65 bits per heavy atom. The molecule has 5 heteroatoms. The zero-order valence-corrected chi connectivity index (χ0v) is 11.1. The highest BCUT2D eigenvalue weighted by Crippen LogP contribution is 2.50. The lowest BCUT2D eigenvalue weighted by atomic mass is 10.1. The maximum Gasteiger partial charge on any atom is 0.226 e. The maximum atomic E-state index is 13.7. The van der Waals surface area contributed by atoms with Crippen LogP contribution in [-0.4, -0.2) is 35.1 Å². The Morgan fingerprint density at radius 1 is 1.30 bits per heavy atom. The van der Waals surface area contributed by atoms with Crippen molar-refractivity contribution >= 4 is 5.91 Å². The number of carbonyl (C=O) groups excluding carboxylic acids is 1. The number of aliphatic hydroxyl groups excluding tert-OH is 1. The average Bonchev–Trinajstić information content (AvgIpc) is 3.18. The molecule has 1 N–H and O–H groups in total. The molecular formula is C15H17F2NO2. The van der Waals surface area contributed by atoms with Gasteiger partial charge in [0.1, 0.15) is 11.6 Å². The lowest BCUT2D eigenvalue weighted by molar-refractivity contribution is -0.135. The summed E-state index contributed by atoms with van der Waals surface area (Å²) in [5, 5.41) is 9.59. The van der Waals surface area contributed by atoms with E-state index < -0.39 is 17.7 Å². The third kappa shape index (κ3) is 2.42. The Kier molecular flexibility index (Phi) is 3.46. The molecule has 0 spiro atoms. The van der Waals surface area contributed by atoms with E-state index in [2.05, 4.69) is 0 Å². The summed E-state index contributed by atoms with van der Waals surface area (Å²) in [6.07, 6.45) is 1.50. The summed E-state index contributed by atoms with van der Waals surface area (Å²) in [6.45, 7) is 0.959. The van der Waals surface area contributed by atoms with Gasteiger partial charge in [0, 0.05) is 30.5 Å². The molecule has 2 aliphatic rings. The van der Waals surface area contributed by atoms with E-state index in [4.69, 9.17) is 0 Å². The van der Waals surface area contributed by atoms with Crippen molar-refractivity contribution in [3.63, 3.8) is 0 Å². The van der Waals surface area contributed by atoms with Crippen LogP contribution in [0.4, 0.5) is 8.78 Å². The van der Waals surface area contributed by atoms with Gasteiger partial charge in [-0.05, 0) is 31.4 Å². The van der Waals surface area contributed by atoms with E-state index in [1.807, 2.05) is 0 Å². The molecular weight excluding hydrogens is 264 g/mol. The van der Waals surface area contributed by atoms with E-state index in [0.29, 0.717) is 25.9 Å². The standard InChI is InChI=1S/C15H17F2NO2/c16-12-4-1-5-13(17)14(12)10-7-11(10)15(20)18-6-2-3-9(19)8-18/h1,4-5,9-11,19H,2-3,6-8H2. The van der Waals surface area contributed by atoms with Crippen LogP contribution in [0.15, 0.2) is 18.2 Å². The summed E-state index contributed by atoms with van der Waals surface area (Å²) in [6, 6.07) is 3.78. The average molecular weight is 281 g/mol. The second-order valence-corrected chi connectivity index (χ2v) is 5.66. The number of β-amino-alcohol motifs (C(OH)–C–C–N with tert-alkyl or cyclic N) is 1. The molecule has 3 nitrogen and oxygen atoms in total. The first-order valence-corrected chi connectivity index (χ1v) is 6.98. The van der Waals surface area contributed by atoms with Gasteiger partial charge in [0.25, 0.3) is 0 Å². The predicted molar refractivity (Wildman–Crippen MR) is 69.0 cm³/mol. The van der Waals surface area contributed by atoms with Crippen molar-refractivity contribution in [2.45, 2.75) is 31.3 Å². The number of hydrogen-bond acceptors (Lipinski definition) is 2. The minimum Gasteiger partial charge on any atom is -0.391 e. The first kappa shape index (κ1) is 13.5. The number of hydrogen-bond donors (Lipinski definition) is 1. The van der Waals surface area contributed by atoms with Crippen molar-refractivity contribution in [3.8, 4) is 0 Å². The van der Waals surface area contributed by atoms with Gasteiger partial charge in [0.15, 0.2) is 0 Å². The largest absolute Gasteiger partial charge is 0.391 e. The van der Waals surface area contributed by atoms with Crippen LogP contribution >= 0.6 is 0 Å². The third-order valence-corrected chi connectivity index (χ3v) is 4.19. The first-order valence-electron chi connectivity index (χ1n) is 6.98. The number of halogens is 2. The first-order chi connectivity index (χ1) is 9.58. The highest BCUT2D eigenvalue weighted by Gasteiger charge is 2.48. The van der Waals surface area contributed by atoms with Crippen molar-refractivity contribution in [3.05, 3.63) is 35.4 Å². The fourth-order valence-corrected chi connectivity index (χ4v) is 3.04. The topological polar surface area (TPSA) is 40.5 Å². The predicted octanol–water partition coefficient (Wildman–Crippen LogP) is 2.05. The lowest BCUT2D eigenvalue weighted by Gasteiger charge is -2.30. The minimum atomic E-state index is -0.580. The van der Waals surface area contributed by atoms with Gasteiger partial charge in [-0.3, -0.25) is 4.79 Å². The Labute approximate surface area is 116 Å². The van der Waals surface area contributed by atoms with Crippen molar-refractivity contribution in [1.82, 2.24) is 4.90 Å². The van der Waals surface area contributed by atoms with E-state index >= 15 is 0 Å². The van der Waals surface area contributed by atoms with Gasteiger partial charge in [-0.1, -0.05) is 6.07 Å². The SMILES string of the molecule is O=C(C1CC1c1c(F)cccc1F)N1CCCC(O)C1. The van der Waals surface area contributed by atoms with Gasteiger partial charge >= 0.3 is 0 Å². The van der Waals surface area contributed by atoms with Crippen LogP contribution in [-0.2, 0) is 4.79 Å². The molecule has 3 atom stereocenters. The van der Waals surface area contributed by atoms with Crippen LogP contribution in [0.1, 0.15) is 30.7 Å². The minimum absolute atomic E-state index is 0.0309. The van der Waals surface area contributed by atoms with Crippen molar-refractivity contribution < 1.29 is 18.7 Å². The Hall–Kier alpha value is -1.49. The molecule has 1 heterocycles. The Balaban J connectivity index is 1.71. The van der Waals surface area contributed by atoms with E-state index in [1.54, 1.807) is 4.90 Å². The molecule has 1 saturated heterocycles. The van der Waals surface area contributed by atoms with E-state index in [-0.39, 0.29) is 23.3 Å². The van der Waals surface area contributed by atoms with Gasteiger partial charge in [-0.25, -0.2) is 8.78 Å². The number of rotatable bonds is 2. The van der Waals surface area contributed by atoms with Gasteiger partial charge in [0.2, 0.25) is 5.91 Å². The molecule has 20 heavy (non-hydrogen) atoms. The molecule has 1 aliphatic heterocycles. The molecule has 108 valence electrons. The molecule has 1 aromatic carbocycles. The van der Waals surface area contributed by atoms with Gasteiger partial charge in [-0.15, -0.1) is 0 Å². The zero-order chi connectivity index (χ0) is 14.3. The van der Waals surface area contributed by atoms with Gasteiger partial charge in [-0.2, -0.15) is 0 Å². The van der Waals surface area contributed by atoms with Crippen LogP contribution < -0.4 is 0 Å². The second kappa shape index (κ2) is 5.13. The number of benzene rings is 1. The monoisotopic (exact) mass is 281 g/mol. The van der Waals surface area contributed by atoms with E-state index in [1.165, 1.54) is 18.2 Å². The second-order valence-electron chi connectivity index (χ2n) is 5.66. The van der Waals surface area contributed by atoms with Crippen molar-refractivity contribution in [2.75, 3.05) is 13.1 Å². The molecule has 0 radical (unpaired) electrons. The molecule has 1 saturated carbocycles. The molecule has 1 amide bonds. The summed E-state index contributed by atoms with van der Waals surface area (Å²) < 4.78 is 27.4. The molecule has 0 bridgehead atoms. The van der Waals surface area contributed by atoms with Crippen molar-refractivity contribution in [1.29, 1.82) is 0 Å². The summed E-state index contributed by atoms with van der Waals surface area (Å²) in [5.41, 5.74) is 0.0309. The van der Waals surface area contributed by atoms with Crippen LogP contribution in [0.2, 0.25) is 0 Å². The Morgan fingerprint density at radius 2 is 2.00 bits per heavy atom. The molecule has 2 fully saturated rings. The normalized spacial score (nSPS) is 29.4. The number of likely N-dealkylation sites (tertiary alicyclic amines) is 1. The lowest BCUT2D eigenvalue weighted by Crippen LogP contribution is -2.43. The van der Waals surface area contributed by atoms with Crippen LogP contribution in [0.3, 0.4) is 0 Å². The van der Waals surface area contributed by atoms with E-state index in [9.17, 15) is 18.7 Å². The fraction of sp³-hybridized carbons (Fsp3) is 0.533. The highest BCUT2D eigenvalue weighted by molar-refractivity contribution is 5.83.